The lowest BCUT2D eigenvalue weighted by molar-refractivity contribution is 0.0751. The normalized spacial score (nSPS) is 15.8. The van der Waals surface area contributed by atoms with Gasteiger partial charge in [0.25, 0.3) is 5.91 Å². The monoisotopic (exact) mass is 475 g/mol. The summed E-state index contributed by atoms with van der Waals surface area (Å²) in [6, 6.07) is 15.1. The highest BCUT2D eigenvalue weighted by Gasteiger charge is 2.26. The molecule has 1 saturated carbocycles. The van der Waals surface area contributed by atoms with E-state index in [1.54, 1.807) is 4.90 Å². The molecule has 1 aromatic carbocycles. The first-order valence-electron chi connectivity index (χ1n) is 12.4. The van der Waals surface area contributed by atoms with Crippen LogP contribution in [0.4, 0.5) is 0 Å². The fourth-order valence-corrected chi connectivity index (χ4v) is 5.29. The van der Waals surface area contributed by atoms with Crippen LogP contribution in [0.2, 0.25) is 0 Å². The van der Waals surface area contributed by atoms with Crippen LogP contribution in [-0.4, -0.2) is 53.7 Å². The van der Waals surface area contributed by atoms with Gasteiger partial charge in [-0.25, -0.2) is 4.98 Å². The molecule has 1 aliphatic carbocycles. The molecule has 0 unspecified atom stereocenters. The van der Waals surface area contributed by atoms with Gasteiger partial charge in [-0.05, 0) is 48.6 Å². The SMILES string of the molecule is CN1CCn2c(cc3c(-c4cncc(-c5ccc(-c6nncn6C6CCC6)cc5)c4)ccnc32)C1=O. The topological polar surface area (TPSA) is 81.7 Å². The molecule has 7 rings (SSSR count). The molecule has 0 radical (unpaired) electrons. The Morgan fingerprint density at radius 3 is 2.53 bits per heavy atom. The molecule has 8 nitrogen and oxygen atoms in total. The van der Waals surface area contributed by atoms with E-state index in [0.29, 0.717) is 18.3 Å². The third-order valence-electron chi connectivity index (χ3n) is 7.59. The Hall–Kier alpha value is -4.33. The molecule has 0 bridgehead atoms. The predicted octanol–water partition coefficient (Wildman–Crippen LogP) is 4.83. The minimum atomic E-state index is 0.0327. The van der Waals surface area contributed by atoms with Crippen molar-refractivity contribution >= 4 is 16.9 Å². The van der Waals surface area contributed by atoms with Crippen LogP contribution in [-0.2, 0) is 6.54 Å². The number of fused-ring (bicyclic) bond motifs is 3. The van der Waals surface area contributed by atoms with Crippen molar-refractivity contribution in [1.82, 2.24) is 34.2 Å². The maximum atomic E-state index is 12.7. The minimum absolute atomic E-state index is 0.0327. The second kappa shape index (κ2) is 8.12. The standard InChI is InChI=1S/C28H25N7O/c1-33-11-12-34-25(28(33)36)14-24-23(9-10-30-27(24)34)21-13-20(15-29-16-21)18-5-7-19(8-6-18)26-32-31-17-35(26)22-3-2-4-22/h5-10,13-17,22H,2-4,11-12H2,1H3. The molecule has 0 spiro atoms. The van der Waals surface area contributed by atoms with Gasteiger partial charge in [0.2, 0.25) is 0 Å². The number of likely N-dealkylation sites (N-methyl/N-ethyl adjacent to an activating group) is 1. The number of nitrogens with zero attached hydrogens (tertiary/aromatic N) is 7. The molecule has 0 N–H and O–H groups in total. The second-order valence-corrected chi connectivity index (χ2v) is 9.69. The van der Waals surface area contributed by atoms with Crippen LogP contribution in [0.15, 0.2) is 67.4 Å². The summed E-state index contributed by atoms with van der Waals surface area (Å²) < 4.78 is 4.23. The van der Waals surface area contributed by atoms with Gasteiger partial charge in [-0.3, -0.25) is 9.78 Å². The summed E-state index contributed by atoms with van der Waals surface area (Å²) in [6.45, 7) is 1.43. The van der Waals surface area contributed by atoms with Crippen molar-refractivity contribution in [2.45, 2.75) is 31.8 Å². The van der Waals surface area contributed by atoms with Crippen molar-refractivity contribution in [3.8, 4) is 33.6 Å². The highest BCUT2D eigenvalue weighted by molar-refractivity contribution is 6.03. The summed E-state index contributed by atoms with van der Waals surface area (Å²) >= 11 is 0. The molecule has 2 aliphatic rings. The Labute approximate surface area is 208 Å². The predicted molar refractivity (Wildman–Crippen MR) is 137 cm³/mol. The lowest BCUT2D eigenvalue weighted by Crippen LogP contribution is -2.36. The van der Waals surface area contributed by atoms with Crippen molar-refractivity contribution in [2.24, 2.45) is 0 Å². The maximum absolute atomic E-state index is 12.7. The molecule has 0 saturated heterocycles. The van der Waals surface area contributed by atoms with Gasteiger partial charge in [-0.2, -0.15) is 0 Å². The summed E-state index contributed by atoms with van der Waals surface area (Å²) in [4.78, 5) is 23.6. The molecule has 1 fully saturated rings. The van der Waals surface area contributed by atoms with E-state index in [2.05, 4.69) is 55.1 Å². The van der Waals surface area contributed by atoms with Crippen LogP contribution in [0, 0.1) is 0 Å². The van der Waals surface area contributed by atoms with Crippen molar-refractivity contribution in [3.63, 3.8) is 0 Å². The fourth-order valence-electron chi connectivity index (χ4n) is 5.29. The van der Waals surface area contributed by atoms with Crippen LogP contribution in [0.25, 0.3) is 44.7 Å². The van der Waals surface area contributed by atoms with Gasteiger partial charge in [0.1, 0.15) is 17.7 Å². The van der Waals surface area contributed by atoms with E-state index >= 15 is 0 Å². The van der Waals surface area contributed by atoms with Gasteiger partial charge >= 0.3 is 0 Å². The van der Waals surface area contributed by atoms with Crippen LogP contribution in [0.3, 0.4) is 0 Å². The lowest BCUT2D eigenvalue weighted by atomic mass is 9.92. The first-order valence-corrected chi connectivity index (χ1v) is 12.4. The van der Waals surface area contributed by atoms with Gasteiger partial charge in [-0.15, -0.1) is 10.2 Å². The van der Waals surface area contributed by atoms with Gasteiger partial charge in [0, 0.05) is 66.8 Å². The second-order valence-electron chi connectivity index (χ2n) is 9.69. The van der Waals surface area contributed by atoms with E-state index in [9.17, 15) is 4.79 Å². The van der Waals surface area contributed by atoms with Gasteiger partial charge < -0.3 is 14.0 Å². The maximum Gasteiger partial charge on any atom is 0.270 e. The Balaban J connectivity index is 1.24. The third-order valence-corrected chi connectivity index (χ3v) is 7.59. The van der Waals surface area contributed by atoms with Crippen molar-refractivity contribution in [1.29, 1.82) is 0 Å². The van der Waals surface area contributed by atoms with E-state index in [-0.39, 0.29) is 5.91 Å². The molecule has 178 valence electrons. The highest BCUT2D eigenvalue weighted by Crippen LogP contribution is 2.36. The zero-order valence-corrected chi connectivity index (χ0v) is 20.0. The first kappa shape index (κ1) is 21.0. The molecule has 5 heterocycles. The number of rotatable bonds is 4. The van der Waals surface area contributed by atoms with Crippen molar-refractivity contribution in [3.05, 3.63) is 73.1 Å². The van der Waals surface area contributed by atoms with Crippen LogP contribution >= 0.6 is 0 Å². The quantitative estimate of drug-likeness (QED) is 0.372. The number of hydrogen-bond acceptors (Lipinski definition) is 5. The molecule has 5 aromatic rings. The fraction of sp³-hybridized carbons (Fsp3) is 0.250. The summed E-state index contributed by atoms with van der Waals surface area (Å²) in [5, 5.41) is 9.51. The lowest BCUT2D eigenvalue weighted by Gasteiger charge is -2.27. The molecule has 1 aliphatic heterocycles. The van der Waals surface area contributed by atoms with E-state index in [1.807, 2.05) is 48.7 Å². The molecular formula is C28H25N7O. The average Bonchev–Trinajstić information content (AvgIpc) is 3.51. The Kier molecular flexibility index (Phi) is 4.73. The first-order chi connectivity index (χ1) is 17.7. The molecule has 4 aromatic heterocycles. The molecule has 0 atom stereocenters. The van der Waals surface area contributed by atoms with E-state index in [4.69, 9.17) is 0 Å². The minimum Gasteiger partial charge on any atom is -0.339 e. The number of pyridine rings is 2. The highest BCUT2D eigenvalue weighted by atomic mass is 16.2. The molecular weight excluding hydrogens is 450 g/mol. The number of aromatic nitrogens is 6. The largest absolute Gasteiger partial charge is 0.339 e. The number of carbonyl (C=O) groups is 1. The zero-order valence-electron chi connectivity index (χ0n) is 20.0. The van der Waals surface area contributed by atoms with E-state index < -0.39 is 0 Å². The van der Waals surface area contributed by atoms with Crippen LogP contribution in [0.5, 0.6) is 0 Å². The molecule has 1 amide bonds. The Bertz CT molecular complexity index is 1610. The van der Waals surface area contributed by atoms with Crippen molar-refractivity contribution in [2.75, 3.05) is 13.6 Å². The molecule has 36 heavy (non-hydrogen) atoms. The smallest absolute Gasteiger partial charge is 0.270 e. The number of benzene rings is 1. The number of carbonyl (C=O) groups excluding carboxylic acids is 1. The third kappa shape index (κ3) is 3.25. The van der Waals surface area contributed by atoms with Gasteiger partial charge in [0.15, 0.2) is 5.82 Å². The summed E-state index contributed by atoms with van der Waals surface area (Å²) in [6.07, 6.45) is 11.1. The number of hydrogen-bond donors (Lipinski definition) is 0. The zero-order chi connectivity index (χ0) is 24.2. The van der Waals surface area contributed by atoms with Crippen molar-refractivity contribution < 1.29 is 4.79 Å². The number of amides is 1. The van der Waals surface area contributed by atoms with Gasteiger partial charge in [-0.1, -0.05) is 24.3 Å². The van der Waals surface area contributed by atoms with E-state index in [0.717, 1.165) is 51.2 Å². The van der Waals surface area contributed by atoms with Crippen LogP contribution < -0.4 is 0 Å². The van der Waals surface area contributed by atoms with E-state index in [1.165, 1.54) is 19.3 Å². The summed E-state index contributed by atoms with van der Waals surface area (Å²) in [7, 11) is 1.84. The molecule has 8 heteroatoms. The van der Waals surface area contributed by atoms with Gasteiger partial charge in [0.05, 0.1) is 0 Å². The summed E-state index contributed by atoms with van der Waals surface area (Å²) in [5.74, 6) is 0.959. The van der Waals surface area contributed by atoms with Crippen LogP contribution in [0.1, 0.15) is 35.8 Å². The average molecular weight is 476 g/mol. The Morgan fingerprint density at radius 2 is 1.72 bits per heavy atom. The summed E-state index contributed by atoms with van der Waals surface area (Å²) in [5.41, 5.74) is 6.74. The Morgan fingerprint density at radius 1 is 0.917 bits per heavy atom.